The van der Waals surface area contributed by atoms with Crippen LogP contribution in [0, 0.1) is 43.3 Å². The summed E-state index contributed by atoms with van der Waals surface area (Å²) in [7, 11) is 1.38. The molecule has 2 rings (SSSR count). The molecule has 0 spiro atoms. The lowest BCUT2D eigenvalue weighted by molar-refractivity contribution is -0.189. The van der Waals surface area contributed by atoms with Gasteiger partial charge in [-0.1, -0.05) is 5.92 Å². The Morgan fingerprint density at radius 2 is 1.85 bits per heavy atom. The molecule has 0 radical (unpaired) electrons. The van der Waals surface area contributed by atoms with Crippen molar-refractivity contribution in [1.29, 1.82) is 5.26 Å². The first-order valence-electron chi connectivity index (χ1n) is 9.43. The van der Waals surface area contributed by atoms with Crippen molar-refractivity contribution in [1.82, 2.24) is 9.88 Å². The minimum absolute atomic E-state index is 0.0254. The van der Waals surface area contributed by atoms with Crippen LogP contribution in [0.4, 0.5) is 23.2 Å². The SMILES string of the molecule is C#C[C@@](CO)(NC(=O)C(=O)c1c(C)c(C(=O)Nc2ccc(F)c(C#N)c2)n(C)c1C)C(F)(F)F. The number of rotatable bonds is 6. The summed E-state index contributed by atoms with van der Waals surface area (Å²) in [5, 5.41) is 21.9. The zero-order valence-electron chi connectivity index (χ0n) is 18.1. The molecular weight excluding hydrogens is 460 g/mol. The molecule has 1 atom stereocenters. The smallest absolute Gasteiger partial charge is 0.393 e. The van der Waals surface area contributed by atoms with Gasteiger partial charge in [0.05, 0.1) is 17.7 Å². The average Bonchev–Trinajstić information content (AvgIpc) is 2.99. The summed E-state index contributed by atoms with van der Waals surface area (Å²) in [5.41, 5.74) is -4.12. The second-order valence-electron chi connectivity index (χ2n) is 7.24. The maximum absolute atomic E-state index is 13.5. The van der Waals surface area contributed by atoms with E-state index in [1.807, 2.05) is 0 Å². The summed E-state index contributed by atoms with van der Waals surface area (Å²) in [6, 6.07) is 4.87. The van der Waals surface area contributed by atoms with E-state index in [1.165, 1.54) is 42.8 Å². The molecule has 0 aliphatic heterocycles. The molecule has 0 saturated carbocycles. The molecule has 0 unspecified atom stereocenters. The molecule has 2 amide bonds. The van der Waals surface area contributed by atoms with Crippen LogP contribution in [-0.4, -0.2) is 45.6 Å². The maximum atomic E-state index is 13.5. The number of carbonyl (C=O) groups excluding carboxylic acids is 3. The van der Waals surface area contributed by atoms with Gasteiger partial charge in [-0.2, -0.15) is 18.4 Å². The predicted octanol–water partition coefficient (Wildman–Crippen LogP) is 2.13. The van der Waals surface area contributed by atoms with Crippen molar-refractivity contribution >= 4 is 23.3 Å². The van der Waals surface area contributed by atoms with Gasteiger partial charge >= 0.3 is 6.18 Å². The Bertz CT molecular complexity index is 1270. The van der Waals surface area contributed by atoms with E-state index in [-0.39, 0.29) is 33.8 Å². The van der Waals surface area contributed by atoms with Crippen LogP contribution in [0.15, 0.2) is 18.2 Å². The molecular formula is C22H18F4N4O4. The first-order valence-corrected chi connectivity index (χ1v) is 9.43. The number of ketones is 1. The zero-order valence-corrected chi connectivity index (χ0v) is 18.1. The zero-order chi connectivity index (χ0) is 26.0. The normalized spacial score (nSPS) is 12.8. The second-order valence-corrected chi connectivity index (χ2v) is 7.24. The van der Waals surface area contributed by atoms with Crippen LogP contribution in [0.3, 0.4) is 0 Å². The van der Waals surface area contributed by atoms with Gasteiger partial charge < -0.3 is 20.3 Å². The lowest BCUT2D eigenvalue weighted by Gasteiger charge is -2.29. The number of aliphatic hydroxyl groups excluding tert-OH is 1. The maximum Gasteiger partial charge on any atom is 0.425 e. The van der Waals surface area contributed by atoms with Crippen LogP contribution < -0.4 is 10.6 Å². The number of hydrogen-bond acceptors (Lipinski definition) is 5. The summed E-state index contributed by atoms with van der Waals surface area (Å²) in [4.78, 5) is 37.9. The van der Waals surface area contributed by atoms with Gasteiger partial charge in [0.15, 0.2) is 0 Å². The number of terminal acetylenes is 1. The number of nitriles is 1. The molecule has 3 N–H and O–H groups in total. The number of alkyl halides is 3. The van der Waals surface area contributed by atoms with Crippen molar-refractivity contribution < 1.29 is 37.1 Å². The van der Waals surface area contributed by atoms with Gasteiger partial charge in [0, 0.05) is 18.4 Å². The number of Topliss-reactive ketones (excluding diaryl/α,β-unsaturated/α-hetero) is 1. The number of nitrogens with zero attached hydrogens (tertiary/aromatic N) is 2. The van der Waals surface area contributed by atoms with Crippen molar-refractivity contribution in [2.45, 2.75) is 25.6 Å². The van der Waals surface area contributed by atoms with E-state index >= 15 is 0 Å². The number of aromatic nitrogens is 1. The number of halogens is 4. The van der Waals surface area contributed by atoms with Crippen LogP contribution in [0.1, 0.15) is 37.7 Å². The average molecular weight is 478 g/mol. The van der Waals surface area contributed by atoms with E-state index in [0.29, 0.717) is 0 Å². The number of aliphatic hydroxyl groups is 1. The van der Waals surface area contributed by atoms with E-state index in [1.54, 1.807) is 6.07 Å². The van der Waals surface area contributed by atoms with Crippen LogP contribution in [-0.2, 0) is 11.8 Å². The molecule has 34 heavy (non-hydrogen) atoms. The molecule has 2 aromatic rings. The fourth-order valence-electron chi connectivity index (χ4n) is 3.24. The molecule has 1 aromatic carbocycles. The highest BCUT2D eigenvalue weighted by atomic mass is 19.4. The fourth-order valence-corrected chi connectivity index (χ4v) is 3.24. The lowest BCUT2D eigenvalue weighted by Crippen LogP contribution is -2.61. The van der Waals surface area contributed by atoms with E-state index in [9.17, 15) is 31.9 Å². The van der Waals surface area contributed by atoms with Gasteiger partial charge in [-0.3, -0.25) is 14.4 Å². The molecule has 1 aromatic heterocycles. The number of nitrogens with one attached hydrogen (secondary N) is 2. The minimum atomic E-state index is -5.25. The van der Waals surface area contributed by atoms with Crippen molar-refractivity contribution in [2.24, 2.45) is 7.05 Å². The van der Waals surface area contributed by atoms with Gasteiger partial charge in [0.25, 0.3) is 17.6 Å². The van der Waals surface area contributed by atoms with E-state index < -0.39 is 41.7 Å². The molecule has 0 aliphatic carbocycles. The third kappa shape index (κ3) is 4.49. The standard InChI is InChI=1S/C22H18F4N4O4/c1-5-21(10-31,22(24,25)26)29-20(34)18(32)16-11(2)17(30(4)12(16)3)19(33)28-14-6-7-15(23)13(8-14)9-27/h1,6-8,31H,10H2,2-4H3,(H,28,33)(H,29,34)/t21-/m0/s1. The van der Waals surface area contributed by atoms with Crippen LogP contribution in [0.5, 0.6) is 0 Å². The van der Waals surface area contributed by atoms with Gasteiger partial charge in [0.1, 0.15) is 17.6 Å². The van der Waals surface area contributed by atoms with E-state index in [0.717, 1.165) is 12.1 Å². The summed E-state index contributed by atoms with van der Waals surface area (Å²) in [5.74, 6) is -3.46. The fraction of sp³-hybridized carbons (Fsp3) is 0.273. The molecule has 0 bridgehead atoms. The number of anilines is 1. The lowest BCUT2D eigenvalue weighted by atomic mass is 9.99. The number of benzene rings is 1. The van der Waals surface area contributed by atoms with Gasteiger partial charge in [-0.25, -0.2) is 4.39 Å². The van der Waals surface area contributed by atoms with Crippen molar-refractivity contribution in [2.75, 3.05) is 11.9 Å². The Kier molecular flexibility index (Phi) is 7.19. The first kappa shape index (κ1) is 26.1. The minimum Gasteiger partial charge on any atom is -0.393 e. The van der Waals surface area contributed by atoms with Crippen LogP contribution in [0.25, 0.3) is 0 Å². The Morgan fingerprint density at radius 3 is 2.35 bits per heavy atom. The Morgan fingerprint density at radius 1 is 1.24 bits per heavy atom. The monoisotopic (exact) mass is 478 g/mol. The summed E-state index contributed by atoms with van der Waals surface area (Å²) < 4.78 is 54.6. The third-order valence-corrected chi connectivity index (χ3v) is 5.22. The number of carbonyl (C=O) groups is 3. The molecule has 1 heterocycles. The first-order chi connectivity index (χ1) is 15.7. The second kappa shape index (κ2) is 9.37. The largest absolute Gasteiger partial charge is 0.425 e. The molecule has 178 valence electrons. The van der Waals surface area contributed by atoms with Gasteiger partial charge in [-0.15, -0.1) is 6.42 Å². The van der Waals surface area contributed by atoms with Crippen molar-refractivity contribution in [3.8, 4) is 18.4 Å². The molecule has 8 nitrogen and oxygen atoms in total. The Hall–Kier alpha value is -4.16. The third-order valence-electron chi connectivity index (χ3n) is 5.22. The number of amides is 2. The quantitative estimate of drug-likeness (QED) is 0.254. The van der Waals surface area contributed by atoms with E-state index in [4.69, 9.17) is 16.8 Å². The van der Waals surface area contributed by atoms with Crippen LogP contribution in [0.2, 0.25) is 0 Å². The highest BCUT2D eigenvalue weighted by Crippen LogP contribution is 2.30. The number of hydrogen-bond donors (Lipinski definition) is 3. The molecule has 0 saturated heterocycles. The van der Waals surface area contributed by atoms with Gasteiger partial charge in [-0.05, 0) is 37.6 Å². The Labute approximate surface area is 191 Å². The summed E-state index contributed by atoms with van der Waals surface area (Å²) >= 11 is 0. The summed E-state index contributed by atoms with van der Waals surface area (Å²) in [6.07, 6.45) is -0.388. The Balaban J connectivity index is 2.42. The highest BCUT2D eigenvalue weighted by Gasteiger charge is 2.55. The highest BCUT2D eigenvalue weighted by molar-refractivity contribution is 6.44. The van der Waals surface area contributed by atoms with E-state index in [2.05, 4.69) is 5.32 Å². The molecule has 12 heteroatoms. The van der Waals surface area contributed by atoms with Crippen molar-refractivity contribution in [3.05, 3.63) is 52.1 Å². The van der Waals surface area contributed by atoms with Gasteiger partial charge in [0.2, 0.25) is 5.54 Å². The predicted molar refractivity (Wildman–Crippen MR) is 111 cm³/mol. The summed E-state index contributed by atoms with van der Waals surface area (Å²) in [6.45, 7) is 0.965. The topological polar surface area (TPSA) is 124 Å². The van der Waals surface area contributed by atoms with Crippen molar-refractivity contribution in [3.63, 3.8) is 0 Å². The molecule has 0 fully saturated rings. The van der Waals surface area contributed by atoms with Crippen LogP contribution >= 0.6 is 0 Å². The molecule has 0 aliphatic rings.